The molecule has 48 heavy (non-hydrogen) atoms. The van der Waals surface area contributed by atoms with Crippen LogP contribution in [0.15, 0.2) is 162 Å². The second-order valence-electron chi connectivity index (χ2n) is 10.6. The van der Waals surface area contributed by atoms with Gasteiger partial charge in [0.2, 0.25) is 0 Å². The minimum absolute atomic E-state index is 0.369. The Morgan fingerprint density at radius 2 is 0.938 bits per heavy atom. The van der Waals surface area contributed by atoms with Crippen molar-refractivity contribution in [1.29, 1.82) is 0 Å². The van der Waals surface area contributed by atoms with Gasteiger partial charge in [-0.05, 0) is 60.8 Å². The Morgan fingerprint density at radius 3 is 1.33 bits per heavy atom. The molecule has 0 aliphatic heterocycles. The van der Waals surface area contributed by atoms with Crippen LogP contribution in [0.3, 0.4) is 0 Å². The van der Waals surface area contributed by atoms with E-state index in [-0.39, 0.29) is 0 Å². The number of rotatable bonds is 13. The molecule has 0 amide bonds. The Labute approximate surface area is 293 Å². The summed E-state index contributed by atoms with van der Waals surface area (Å²) < 4.78 is 6.49. The molecular weight excluding hydrogens is 652 g/mol. The molecule has 0 bridgehead atoms. The van der Waals surface area contributed by atoms with Crippen LogP contribution in [0.1, 0.15) is 11.1 Å². The summed E-state index contributed by atoms with van der Waals surface area (Å²) in [6, 6.07) is 51.7. The fraction of sp³-hybridized carbons (Fsp3) is 0.105. The first-order valence-electron chi connectivity index (χ1n) is 15.5. The lowest BCUT2D eigenvalue weighted by Gasteiger charge is -2.27. The van der Waals surface area contributed by atoms with Crippen molar-refractivity contribution in [2.24, 2.45) is 10.2 Å². The van der Waals surface area contributed by atoms with Crippen LogP contribution >= 0.6 is 31.7 Å². The minimum Gasteiger partial charge on any atom is -0.364 e. The van der Waals surface area contributed by atoms with Gasteiger partial charge < -0.3 is 15.4 Å². The predicted octanol–water partition coefficient (Wildman–Crippen LogP) is 5.32. The van der Waals surface area contributed by atoms with Gasteiger partial charge in [0.05, 0.1) is 6.61 Å². The number of hydrogen-bond donors (Lipinski definition) is 4. The smallest absolute Gasteiger partial charge is 0.187 e. The minimum atomic E-state index is -2.09. The number of thiocarbonyl (C=S) groups is 2. The molecule has 5 aromatic carbocycles. The normalized spacial score (nSPS) is 11.8. The monoisotopic (exact) mass is 689 g/mol. The van der Waals surface area contributed by atoms with Crippen molar-refractivity contribution in [3.05, 3.63) is 163 Å². The maximum Gasteiger partial charge on any atom is 0.187 e. The second-order valence-corrected chi connectivity index (χ2v) is 14.8. The van der Waals surface area contributed by atoms with Crippen LogP contribution in [0.5, 0.6) is 0 Å². The summed E-state index contributed by atoms with van der Waals surface area (Å²) in [7, 11) is -0.349. The summed E-state index contributed by atoms with van der Waals surface area (Å²) in [6.45, 7) is 0.950. The van der Waals surface area contributed by atoms with E-state index in [1.807, 2.05) is 60.7 Å². The standard InChI is InChI=1S/C38H37N6OPS2/c1-39-37(47)43-41-35(30-17-7-2-8-18-30)36(31-19-9-3-10-20-31)42-44-38(48)40-27-28-45-29-46(32-21-11-4-12-22-32,33-23-13-5-14-24-33)34-25-15-6-16-26-34/h2-26H,27-29H2,1H3,(H3-,39,40,41,42,43,44,47,48)/p+1. The number of nitrogens with one attached hydrogen (secondary N) is 4. The molecule has 0 saturated heterocycles. The number of ether oxygens (including phenoxy) is 1. The van der Waals surface area contributed by atoms with E-state index < -0.39 is 7.26 Å². The third-order valence-corrected chi connectivity index (χ3v) is 12.1. The topological polar surface area (TPSA) is 82.1 Å². The third-order valence-electron chi connectivity index (χ3n) is 7.49. The highest BCUT2D eigenvalue weighted by molar-refractivity contribution is 7.95. The Morgan fingerprint density at radius 1 is 0.562 bits per heavy atom. The SMILES string of the molecule is CNC(=S)NN=C(C(=NNC(=S)NCCOC[P+](c1ccccc1)(c1ccccc1)c1ccccc1)c1ccccc1)c1ccccc1. The zero-order valence-corrected chi connectivity index (χ0v) is 29.1. The second kappa shape index (κ2) is 17.9. The maximum absolute atomic E-state index is 6.49. The molecule has 5 aromatic rings. The van der Waals surface area contributed by atoms with Crippen LogP contribution in [-0.2, 0) is 4.74 Å². The molecule has 4 N–H and O–H groups in total. The van der Waals surface area contributed by atoms with Crippen LogP contribution in [0.4, 0.5) is 0 Å². The molecule has 7 nitrogen and oxygen atoms in total. The van der Waals surface area contributed by atoms with Crippen molar-refractivity contribution >= 4 is 69.3 Å². The Kier molecular flexibility index (Phi) is 12.9. The molecule has 0 aliphatic rings. The van der Waals surface area contributed by atoms with Crippen molar-refractivity contribution in [3.63, 3.8) is 0 Å². The molecule has 0 heterocycles. The molecule has 10 heteroatoms. The predicted molar refractivity (Wildman–Crippen MR) is 210 cm³/mol. The van der Waals surface area contributed by atoms with E-state index in [0.717, 1.165) is 11.1 Å². The zero-order valence-electron chi connectivity index (χ0n) is 26.6. The van der Waals surface area contributed by atoms with Gasteiger partial charge in [-0.3, -0.25) is 10.9 Å². The summed E-state index contributed by atoms with van der Waals surface area (Å²) >= 11 is 10.9. The third kappa shape index (κ3) is 8.97. The van der Waals surface area contributed by atoms with Gasteiger partial charge in [0.15, 0.2) is 16.6 Å². The first-order chi connectivity index (χ1) is 23.6. The van der Waals surface area contributed by atoms with Gasteiger partial charge in [0.25, 0.3) is 0 Å². The number of hydrazone groups is 2. The highest BCUT2D eigenvalue weighted by atomic mass is 32.1. The molecule has 0 radical (unpaired) electrons. The Hall–Kier alpha value is -4.79. The van der Waals surface area contributed by atoms with Gasteiger partial charge in [0.1, 0.15) is 34.6 Å². The first kappa shape index (κ1) is 34.5. The van der Waals surface area contributed by atoms with Crippen LogP contribution in [0.25, 0.3) is 0 Å². The van der Waals surface area contributed by atoms with Crippen molar-refractivity contribution in [2.45, 2.75) is 0 Å². The van der Waals surface area contributed by atoms with Crippen LogP contribution < -0.4 is 37.4 Å². The van der Waals surface area contributed by atoms with E-state index in [4.69, 9.17) is 34.3 Å². The molecule has 0 spiro atoms. The first-order valence-corrected chi connectivity index (χ1v) is 18.3. The molecule has 242 valence electrons. The highest BCUT2D eigenvalue weighted by Gasteiger charge is 2.45. The molecule has 0 aromatic heterocycles. The van der Waals surface area contributed by atoms with E-state index in [0.29, 0.717) is 41.1 Å². The van der Waals surface area contributed by atoms with E-state index in [9.17, 15) is 0 Å². The van der Waals surface area contributed by atoms with E-state index >= 15 is 0 Å². The Bertz CT molecular complexity index is 1710. The molecule has 0 unspecified atom stereocenters. The summed E-state index contributed by atoms with van der Waals surface area (Å²) in [5, 5.41) is 20.1. The number of benzene rings is 5. The average molecular weight is 690 g/mol. The van der Waals surface area contributed by atoms with Crippen LogP contribution in [0.2, 0.25) is 0 Å². The van der Waals surface area contributed by atoms with E-state index in [1.54, 1.807) is 7.05 Å². The zero-order chi connectivity index (χ0) is 33.4. The summed E-state index contributed by atoms with van der Waals surface area (Å²) in [5.41, 5.74) is 8.84. The summed E-state index contributed by atoms with van der Waals surface area (Å²) in [4.78, 5) is 0. The van der Waals surface area contributed by atoms with Crippen LogP contribution in [-0.4, -0.2) is 48.2 Å². The largest absolute Gasteiger partial charge is 0.364 e. The summed E-state index contributed by atoms with van der Waals surface area (Å²) in [6.07, 6.45) is 0.557. The van der Waals surface area contributed by atoms with Gasteiger partial charge in [-0.15, -0.1) is 0 Å². The van der Waals surface area contributed by atoms with Gasteiger partial charge in [-0.1, -0.05) is 115 Å². The molecule has 5 rings (SSSR count). The van der Waals surface area contributed by atoms with Crippen molar-refractivity contribution < 1.29 is 4.74 Å². The lowest BCUT2D eigenvalue weighted by molar-refractivity contribution is 0.185. The lowest BCUT2D eigenvalue weighted by atomic mass is 10.00. The van der Waals surface area contributed by atoms with Crippen LogP contribution in [0, 0.1) is 0 Å². The number of nitrogens with zero attached hydrogens (tertiary/aromatic N) is 2. The van der Waals surface area contributed by atoms with Crippen molar-refractivity contribution in [3.8, 4) is 0 Å². The molecule has 0 atom stereocenters. The fourth-order valence-corrected chi connectivity index (χ4v) is 9.15. The van der Waals surface area contributed by atoms with E-state index in [2.05, 4.69) is 118 Å². The average Bonchev–Trinajstić information content (AvgIpc) is 3.16. The number of hydrogen-bond acceptors (Lipinski definition) is 5. The van der Waals surface area contributed by atoms with Gasteiger partial charge >= 0.3 is 0 Å². The summed E-state index contributed by atoms with van der Waals surface area (Å²) in [5.74, 6) is 0. The maximum atomic E-state index is 6.49. The van der Waals surface area contributed by atoms with Gasteiger partial charge in [-0.2, -0.15) is 10.2 Å². The van der Waals surface area contributed by atoms with Gasteiger partial charge in [-0.25, -0.2) is 0 Å². The van der Waals surface area contributed by atoms with Gasteiger partial charge in [0, 0.05) is 24.7 Å². The quantitative estimate of drug-likeness (QED) is 0.0438. The highest BCUT2D eigenvalue weighted by Crippen LogP contribution is 2.55. The molecule has 0 aliphatic carbocycles. The van der Waals surface area contributed by atoms with E-state index in [1.165, 1.54) is 15.9 Å². The molecule has 0 saturated carbocycles. The van der Waals surface area contributed by atoms with Crippen molar-refractivity contribution in [2.75, 3.05) is 26.5 Å². The van der Waals surface area contributed by atoms with Crippen molar-refractivity contribution in [1.82, 2.24) is 21.5 Å². The molecule has 0 fully saturated rings. The lowest BCUT2D eigenvalue weighted by Crippen LogP contribution is -2.37. The molecular formula is C38H38N6OPS2+. The fourth-order valence-electron chi connectivity index (χ4n) is 5.17. The Balaban J connectivity index is 1.30.